The van der Waals surface area contributed by atoms with Crippen molar-refractivity contribution in [3.05, 3.63) is 60.4 Å². The molecular formula is C20H22N6O5S. The van der Waals surface area contributed by atoms with Gasteiger partial charge in [0.1, 0.15) is 11.8 Å². The molecule has 1 aromatic heterocycles. The van der Waals surface area contributed by atoms with Crippen molar-refractivity contribution in [2.75, 3.05) is 18.2 Å². The number of hydrogen-bond acceptors (Lipinski definition) is 10. The summed E-state index contributed by atoms with van der Waals surface area (Å²) in [6, 6.07) is 13.7. The van der Waals surface area contributed by atoms with Gasteiger partial charge in [-0.05, 0) is 31.2 Å². The van der Waals surface area contributed by atoms with Crippen molar-refractivity contribution in [2.45, 2.75) is 24.5 Å². The molecule has 0 aliphatic rings. The highest BCUT2D eigenvalue weighted by Crippen LogP contribution is 2.25. The minimum atomic E-state index is -3.88. The van der Waals surface area contributed by atoms with Gasteiger partial charge in [0, 0.05) is 0 Å². The smallest absolute Gasteiger partial charge is 0.324 e. The van der Waals surface area contributed by atoms with E-state index in [4.69, 9.17) is 15.2 Å². The molecule has 1 heterocycles. The standard InChI is InChI=1S/C20H22N6O5S/c1-13(26-32(28,29)14-8-4-3-5-9-14)18(27)31-12-17-23-19(21)25-20(24-17)22-15-10-6-7-11-16(15)30-2/h3-11,13,26H,12H2,1-2H3,(H3,21,22,23,24,25)/t13-/m0/s1. The van der Waals surface area contributed by atoms with Gasteiger partial charge in [-0.15, -0.1) is 0 Å². The maximum Gasteiger partial charge on any atom is 0.324 e. The molecule has 11 nitrogen and oxygen atoms in total. The van der Waals surface area contributed by atoms with Gasteiger partial charge in [0.05, 0.1) is 17.7 Å². The fourth-order valence-corrected chi connectivity index (χ4v) is 3.85. The lowest BCUT2D eigenvalue weighted by Crippen LogP contribution is -2.39. The molecule has 0 aliphatic carbocycles. The van der Waals surface area contributed by atoms with Crippen LogP contribution < -0.4 is 20.5 Å². The Morgan fingerprint density at radius 3 is 2.47 bits per heavy atom. The van der Waals surface area contributed by atoms with E-state index in [1.54, 1.807) is 36.4 Å². The topological polar surface area (TPSA) is 158 Å². The van der Waals surface area contributed by atoms with Crippen LogP contribution in [0.25, 0.3) is 0 Å². The minimum Gasteiger partial charge on any atom is -0.495 e. The van der Waals surface area contributed by atoms with Crippen LogP contribution in [0.4, 0.5) is 17.6 Å². The van der Waals surface area contributed by atoms with Crippen molar-refractivity contribution in [3.8, 4) is 5.75 Å². The molecule has 3 rings (SSSR count). The molecule has 1 atom stereocenters. The number of nitrogens with zero attached hydrogens (tertiary/aromatic N) is 3. The molecule has 32 heavy (non-hydrogen) atoms. The number of rotatable bonds is 9. The number of ether oxygens (including phenoxy) is 2. The zero-order valence-corrected chi connectivity index (χ0v) is 18.2. The van der Waals surface area contributed by atoms with Gasteiger partial charge in [0.15, 0.2) is 12.4 Å². The Bertz CT molecular complexity index is 1190. The lowest BCUT2D eigenvalue weighted by Gasteiger charge is -2.14. The summed E-state index contributed by atoms with van der Waals surface area (Å²) in [7, 11) is -2.35. The molecule has 0 amide bonds. The van der Waals surface area contributed by atoms with Gasteiger partial charge in [-0.3, -0.25) is 4.79 Å². The number of carbonyl (C=O) groups is 1. The number of nitrogens with one attached hydrogen (secondary N) is 2. The van der Waals surface area contributed by atoms with Crippen LogP contribution in [0.2, 0.25) is 0 Å². The molecule has 0 radical (unpaired) electrons. The van der Waals surface area contributed by atoms with E-state index < -0.39 is 22.0 Å². The summed E-state index contributed by atoms with van der Waals surface area (Å²) in [4.78, 5) is 24.4. The number of hydrogen-bond donors (Lipinski definition) is 3. The third-order valence-electron chi connectivity index (χ3n) is 4.13. The molecule has 0 saturated heterocycles. The van der Waals surface area contributed by atoms with Crippen molar-refractivity contribution in [1.29, 1.82) is 0 Å². The predicted molar refractivity (Wildman–Crippen MR) is 117 cm³/mol. The Labute approximate surface area is 185 Å². The Hall–Kier alpha value is -3.77. The molecule has 0 bridgehead atoms. The van der Waals surface area contributed by atoms with E-state index in [1.807, 2.05) is 6.07 Å². The number of para-hydroxylation sites is 2. The number of anilines is 3. The van der Waals surface area contributed by atoms with Crippen LogP contribution in [0.15, 0.2) is 59.5 Å². The SMILES string of the molecule is COc1ccccc1Nc1nc(N)nc(COC(=O)[C@H](C)NS(=O)(=O)c2ccccc2)n1. The maximum atomic E-state index is 12.3. The van der Waals surface area contributed by atoms with E-state index in [0.717, 1.165) is 0 Å². The average molecular weight is 459 g/mol. The number of nitrogen functional groups attached to an aromatic ring is 1. The van der Waals surface area contributed by atoms with Crippen LogP contribution in [0, 0.1) is 0 Å². The first-order chi connectivity index (χ1) is 15.3. The third kappa shape index (κ3) is 5.89. The van der Waals surface area contributed by atoms with Crippen molar-refractivity contribution in [2.24, 2.45) is 0 Å². The van der Waals surface area contributed by atoms with Crippen molar-refractivity contribution < 1.29 is 22.7 Å². The quantitative estimate of drug-likeness (QED) is 0.402. The van der Waals surface area contributed by atoms with Gasteiger partial charge in [-0.2, -0.15) is 19.7 Å². The molecule has 4 N–H and O–H groups in total. The number of esters is 1. The highest BCUT2D eigenvalue weighted by atomic mass is 32.2. The number of methoxy groups -OCH3 is 1. The summed E-state index contributed by atoms with van der Waals surface area (Å²) in [5.74, 6) is -0.102. The van der Waals surface area contributed by atoms with Crippen LogP contribution in [0.3, 0.4) is 0 Å². The number of sulfonamides is 1. The van der Waals surface area contributed by atoms with Crippen LogP contribution in [-0.2, 0) is 26.2 Å². The molecule has 0 fully saturated rings. The summed E-state index contributed by atoms with van der Waals surface area (Å²) < 4.78 is 37.4. The first-order valence-electron chi connectivity index (χ1n) is 9.43. The average Bonchev–Trinajstić information content (AvgIpc) is 2.77. The molecule has 0 aliphatic heterocycles. The van der Waals surface area contributed by atoms with Gasteiger partial charge < -0.3 is 20.5 Å². The highest BCUT2D eigenvalue weighted by molar-refractivity contribution is 7.89. The Balaban J connectivity index is 1.64. The molecule has 168 valence electrons. The van der Waals surface area contributed by atoms with E-state index in [2.05, 4.69) is 25.0 Å². The largest absolute Gasteiger partial charge is 0.495 e. The lowest BCUT2D eigenvalue weighted by molar-refractivity contribution is -0.146. The fraction of sp³-hybridized carbons (Fsp3) is 0.200. The molecule has 12 heteroatoms. The summed E-state index contributed by atoms with van der Waals surface area (Å²) in [5, 5.41) is 2.96. The molecule has 3 aromatic rings. The number of nitrogens with two attached hydrogens (primary N) is 1. The van der Waals surface area contributed by atoms with Crippen LogP contribution in [0.1, 0.15) is 12.7 Å². The summed E-state index contributed by atoms with van der Waals surface area (Å²) in [6.45, 7) is 1.04. The molecule has 0 saturated carbocycles. The molecule has 0 spiro atoms. The second-order valence-corrected chi connectivity index (χ2v) is 8.24. The number of carbonyl (C=O) groups excluding carboxylic acids is 1. The Morgan fingerprint density at radius 1 is 1.06 bits per heavy atom. The number of benzene rings is 2. The summed E-state index contributed by atoms with van der Waals surface area (Å²) in [5.41, 5.74) is 6.34. The first-order valence-corrected chi connectivity index (χ1v) is 10.9. The van der Waals surface area contributed by atoms with Crippen LogP contribution in [-0.4, -0.2) is 42.5 Å². The second kappa shape index (κ2) is 10.0. The molecule has 0 unspecified atom stereocenters. The lowest BCUT2D eigenvalue weighted by atomic mass is 10.3. The summed E-state index contributed by atoms with van der Waals surface area (Å²) >= 11 is 0. The van der Waals surface area contributed by atoms with Gasteiger partial charge in [0.25, 0.3) is 0 Å². The molecule has 2 aromatic carbocycles. The number of aromatic nitrogens is 3. The van der Waals surface area contributed by atoms with Crippen LogP contribution in [0.5, 0.6) is 5.75 Å². The second-order valence-electron chi connectivity index (χ2n) is 6.52. The highest BCUT2D eigenvalue weighted by Gasteiger charge is 2.23. The third-order valence-corrected chi connectivity index (χ3v) is 5.69. The minimum absolute atomic E-state index is 0.0388. The zero-order valence-electron chi connectivity index (χ0n) is 17.3. The monoisotopic (exact) mass is 458 g/mol. The van der Waals surface area contributed by atoms with Crippen molar-refractivity contribution >= 4 is 33.6 Å². The Kier molecular flexibility index (Phi) is 7.18. The van der Waals surface area contributed by atoms with Gasteiger partial charge in [-0.25, -0.2) is 8.42 Å². The Morgan fingerprint density at radius 2 is 1.75 bits per heavy atom. The van der Waals surface area contributed by atoms with Gasteiger partial charge in [-0.1, -0.05) is 30.3 Å². The van der Waals surface area contributed by atoms with Crippen molar-refractivity contribution in [3.63, 3.8) is 0 Å². The van der Waals surface area contributed by atoms with Crippen LogP contribution >= 0.6 is 0 Å². The van der Waals surface area contributed by atoms with E-state index in [0.29, 0.717) is 11.4 Å². The van der Waals surface area contributed by atoms with Crippen molar-refractivity contribution in [1.82, 2.24) is 19.7 Å². The van der Waals surface area contributed by atoms with Gasteiger partial charge in [0.2, 0.25) is 21.9 Å². The predicted octanol–water partition coefficient (Wildman–Crippen LogP) is 1.62. The van der Waals surface area contributed by atoms with E-state index in [9.17, 15) is 13.2 Å². The normalized spacial score (nSPS) is 12.1. The first kappa shape index (κ1) is 22.9. The maximum absolute atomic E-state index is 12.3. The van der Waals surface area contributed by atoms with Gasteiger partial charge >= 0.3 is 5.97 Å². The zero-order chi connectivity index (χ0) is 23.1. The van der Waals surface area contributed by atoms with E-state index in [-0.39, 0.29) is 29.2 Å². The summed E-state index contributed by atoms with van der Waals surface area (Å²) in [6.07, 6.45) is 0. The van der Waals surface area contributed by atoms with E-state index in [1.165, 1.54) is 26.2 Å². The van der Waals surface area contributed by atoms with E-state index >= 15 is 0 Å². The molecular weight excluding hydrogens is 436 g/mol. The fourth-order valence-electron chi connectivity index (χ4n) is 2.64.